The minimum absolute atomic E-state index is 0.153. The first kappa shape index (κ1) is 28.0. The first-order valence-electron chi connectivity index (χ1n) is 13.5. The van der Waals surface area contributed by atoms with Gasteiger partial charge in [0, 0.05) is 25.2 Å². The van der Waals surface area contributed by atoms with Crippen LogP contribution in [0.3, 0.4) is 0 Å². The van der Waals surface area contributed by atoms with Crippen LogP contribution in [0.15, 0.2) is 84.4 Å². The highest BCUT2D eigenvalue weighted by Crippen LogP contribution is 2.18. The third kappa shape index (κ3) is 7.16. The van der Waals surface area contributed by atoms with Crippen molar-refractivity contribution < 1.29 is 29.0 Å². The molecule has 3 atom stereocenters. The van der Waals surface area contributed by atoms with Gasteiger partial charge in [-0.15, -0.1) is 0 Å². The van der Waals surface area contributed by atoms with E-state index < -0.39 is 36.2 Å². The van der Waals surface area contributed by atoms with E-state index in [-0.39, 0.29) is 31.8 Å². The van der Waals surface area contributed by atoms with Crippen LogP contribution in [0.1, 0.15) is 28.8 Å². The van der Waals surface area contributed by atoms with Gasteiger partial charge in [-0.25, -0.2) is 0 Å². The summed E-state index contributed by atoms with van der Waals surface area (Å²) < 4.78 is 4.69. The van der Waals surface area contributed by atoms with Gasteiger partial charge in [-0.1, -0.05) is 66.7 Å². The maximum Gasteiger partial charge on any atom is 0.310 e. The molecule has 3 aromatic rings. The van der Waals surface area contributed by atoms with E-state index in [0.29, 0.717) is 18.7 Å². The van der Waals surface area contributed by atoms with Gasteiger partial charge < -0.3 is 30.7 Å². The van der Waals surface area contributed by atoms with Gasteiger partial charge in [-0.2, -0.15) is 0 Å². The third-order valence-electron chi connectivity index (χ3n) is 7.15. The van der Waals surface area contributed by atoms with Crippen LogP contribution in [0.5, 0.6) is 0 Å². The lowest BCUT2D eigenvalue weighted by Gasteiger charge is -2.26. The molecule has 4 N–H and O–H groups in total. The molecule has 0 spiro atoms. The maximum absolute atomic E-state index is 13.6. The van der Waals surface area contributed by atoms with Crippen LogP contribution in [0.25, 0.3) is 10.8 Å². The number of amides is 3. The second kappa shape index (κ2) is 12.8. The summed E-state index contributed by atoms with van der Waals surface area (Å²) in [6, 6.07) is 21.2. The summed E-state index contributed by atoms with van der Waals surface area (Å²) >= 11 is 0. The van der Waals surface area contributed by atoms with Gasteiger partial charge in [-0.05, 0) is 40.5 Å². The number of aliphatic hydroxyl groups is 1. The summed E-state index contributed by atoms with van der Waals surface area (Å²) in [5.74, 6) is -1.94. The van der Waals surface area contributed by atoms with Crippen molar-refractivity contribution in [3.63, 3.8) is 0 Å². The number of cyclic esters (lactones) is 1. The number of carbonyl (C=O) groups excluding carboxylic acids is 4. The Kier molecular flexibility index (Phi) is 8.71. The molecule has 0 saturated carbocycles. The molecule has 1 fully saturated rings. The van der Waals surface area contributed by atoms with Crippen molar-refractivity contribution in [2.24, 2.45) is 0 Å². The fourth-order valence-corrected chi connectivity index (χ4v) is 5.00. The highest BCUT2D eigenvalue weighted by atomic mass is 16.6. The summed E-state index contributed by atoms with van der Waals surface area (Å²) in [5.41, 5.74) is 2.43. The van der Waals surface area contributed by atoms with E-state index in [2.05, 4.69) is 20.7 Å². The molecule has 41 heavy (non-hydrogen) atoms. The third-order valence-corrected chi connectivity index (χ3v) is 7.15. The molecule has 3 amide bonds. The molecule has 2 heterocycles. The maximum atomic E-state index is 13.6. The largest absolute Gasteiger partial charge is 0.434 e. The lowest BCUT2D eigenvalue weighted by atomic mass is 10.1. The zero-order valence-electron chi connectivity index (χ0n) is 22.4. The molecule has 1 saturated heterocycles. The number of benzene rings is 3. The molecule has 5 rings (SSSR count). The average Bonchev–Trinajstić information content (AvgIpc) is 3.21. The molecule has 10 heteroatoms. The number of aliphatic hydroxyl groups excluding tert-OH is 1. The number of nitrogens with zero attached hydrogens (tertiary/aromatic N) is 1. The Labute approximate surface area is 237 Å². The Balaban J connectivity index is 1.29. The highest BCUT2D eigenvalue weighted by Gasteiger charge is 2.36. The monoisotopic (exact) mass is 556 g/mol. The van der Waals surface area contributed by atoms with Crippen molar-refractivity contribution in [2.75, 3.05) is 19.6 Å². The summed E-state index contributed by atoms with van der Waals surface area (Å²) in [6.07, 6.45) is 0.604. The van der Waals surface area contributed by atoms with E-state index in [1.54, 1.807) is 12.1 Å². The fourth-order valence-electron chi connectivity index (χ4n) is 5.00. The zero-order chi connectivity index (χ0) is 28.8. The summed E-state index contributed by atoms with van der Waals surface area (Å²) in [4.78, 5) is 52.5. The van der Waals surface area contributed by atoms with Gasteiger partial charge in [0.05, 0.1) is 13.0 Å². The molecule has 0 bridgehead atoms. The number of rotatable bonds is 9. The molecular formula is C31H32N4O6. The van der Waals surface area contributed by atoms with Crippen molar-refractivity contribution in [3.8, 4) is 0 Å². The van der Waals surface area contributed by atoms with Crippen molar-refractivity contribution >= 4 is 34.5 Å². The SMILES string of the molecule is O=C(CN1CC(CNCc2ccccc2)=CCC(NC(=O)c2ccc3ccccc3c2)C1=O)NC1CC(=O)OC1O. The molecular weight excluding hydrogens is 524 g/mol. The number of esters is 1. The van der Waals surface area contributed by atoms with Crippen LogP contribution < -0.4 is 16.0 Å². The van der Waals surface area contributed by atoms with E-state index in [0.717, 1.165) is 21.9 Å². The minimum Gasteiger partial charge on any atom is -0.434 e. The van der Waals surface area contributed by atoms with Gasteiger partial charge in [-0.3, -0.25) is 19.2 Å². The number of fused-ring (bicyclic) bond motifs is 1. The summed E-state index contributed by atoms with van der Waals surface area (Å²) in [7, 11) is 0. The number of hydrogen-bond acceptors (Lipinski definition) is 7. The molecule has 10 nitrogen and oxygen atoms in total. The van der Waals surface area contributed by atoms with E-state index in [1.165, 1.54) is 4.90 Å². The molecule has 0 aliphatic carbocycles. The van der Waals surface area contributed by atoms with Gasteiger partial charge in [0.1, 0.15) is 12.1 Å². The van der Waals surface area contributed by atoms with Crippen LogP contribution >= 0.6 is 0 Å². The second-order valence-electron chi connectivity index (χ2n) is 10.2. The Bertz CT molecular complexity index is 1470. The van der Waals surface area contributed by atoms with Crippen LogP contribution in [-0.2, 0) is 25.7 Å². The van der Waals surface area contributed by atoms with Crippen molar-refractivity contribution in [1.29, 1.82) is 0 Å². The zero-order valence-corrected chi connectivity index (χ0v) is 22.4. The summed E-state index contributed by atoms with van der Waals surface area (Å²) in [5, 5.41) is 20.6. The van der Waals surface area contributed by atoms with E-state index in [1.807, 2.05) is 66.7 Å². The quantitative estimate of drug-likeness (QED) is 0.232. The highest BCUT2D eigenvalue weighted by molar-refractivity contribution is 6.01. The first-order valence-corrected chi connectivity index (χ1v) is 13.5. The van der Waals surface area contributed by atoms with Gasteiger partial charge in [0.15, 0.2) is 0 Å². The Hall–Kier alpha value is -4.54. The average molecular weight is 557 g/mol. The number of ether oxygens (including phenoxy) is 1. The van der Waals surface area contributed by atoms with Crippen LogP contribution in [-0.4, -0.2) is 71.7 Å². The van der Waals surface area contributed by atoms with E-state index in [9.17, 15) is 24.3 Å². The molecule has 3 aromatic carbocycles. The lowest BCUT2D eigenvalue weighted by Crippen LogP contribution is -2.52. The molecule has 3 unspecified atom stereocenters. The number of nitrogens with one attached hydrogen (secondary N) is 3. The smallest absolute Gasteiger partial charge is 0.310 e. The molecule has 212 valence electrons. The Morgan fingerprint density at radius 2 is 1.68 bits per heavy atom. The molecule has 0 aromatic heterocycles. The van der Waals surface area contributed by atoms with E-state index in [4.69, 9.17) is 0 Å². The first-order chi connectivity index (χ1) is 19.9. The Morgan fingerprint density at radius 1 is 0.927 bits per heavy atom. The van der Waals surface area contributed by atoms with Gasteiger partial charge >= 0.3 is 5.97 Å². The van der Waals surface area contributed by atoms with Crippen LogP contribution in [0.4, 0.5) is 0 Å². The molecule has 2 aliphatic heterocycles. The van der Waals surface area contributed by atoms with Gasteiger partial charge in [0.2, 0.25) is 18.1 Å². The van der Waals surface area contributed by atoms with Crippen LogP contribution in [0.2, 0.25) is 0 Å². The number of carbonyl (C=O) groups is 4. The van der Waals surface area contributed by atoms with Crippen LogP contribution in [0, 0.1) is 0 Å². The Morgan fingerprint density at radius 3 is 2.44 bits per heavy atom. The van der Waals surface area contributed by atoms with Crippen molar-refractivity contribution in [3.05, 3.63) is 95.6 Å². The molecule has 2 aliphatic rings. The fraction of sp³-hybridized carbons (Fsp3) is 0.290. The summed E-state index contributed by atoms with van der Waals surface area (Å²) in [6.45, 7) is 0.977. The topological polar surface area (TPSA) is 137 Å². The van der Waals surface area contributed by atoms with Crippen molar-refractivity contribution in [2.45, 2.75) is 37.8 Å². The second-order valence-corrected chi connectivity index (χ2v) is 10.2. The van der Waals surface area contributed by atoms with E-state index >= 15 is 0 Å². The van der Waals surface area contributed by atoms with Gasteiger partial charge in [0.25, 0.3) is 5.91 Å². The standard InChI is InChI=1S/C31H32N4O6/c36-27(33-26-15-28(37)41-31(26)40)19-35-18-21(17-32-16-20-6-2-1-3-7-20)10-13-25(30(35)39)34-29(38)24-12-11-22-8-4-5-9-23(22)14-24/h1-12,14,25-26,31-32,40H,13,15-19H2,(H,33,36)(H,34,38). The predicted molar refractivity (Wildman–Crippen MR) is 151 cm³/mol. The minimum atomic E-state index is -1.43. The lowest BCUT2D eigenvalue weighted by molar-refractivity contribution is -0.155. The predicted octanol–water partition coefficient (Wildman–Crippen LogP) is 1.64. The number of hydrogen-bond donors (Lipinski definition) is 4. The van der Waals surface area contributed by atoms with Crippen molar-refractivity contribution in [1.82, 2.24) is 20.9 Å². The molecule has 0 radical (unpaired) electrons. The normalized spacial score (nSPS) is 20.8.